The van der Waals surface area contributed by atoms with Crippen LogP contribution in [0.15, 0.2) is 11.6 Å². The number of fused-ring (bicyclic) bond motifs is 5. The Morgan fingerprint density at radius 3 is 2.55 bits per heavy atom. The Labute approximate surface area is 203 Å². The van der Waals surface area contributed by atoms with Gasteiger partial charge in [0.1, 0.15) is 0 Å². The van der Waals surface area contributed by atoms with Gasteiger partial charge in [-0.25, -0.2) is 0 Å². The molecule has 4 aliphatic carbocycles. The first-order valence-corrected chi connectivity index (χ1v) is 15.5. The van der Waals surface area contributed by atoms with Crippen molar-refractivity contribution in [1.82, 2.24) is 0 Å². The second kappa shape index (κ2) is 9.58. The molecule has 0 aromatic heterocycles. The molecular weight excluding hydrogens is 432 g/mol. The topological polar surface area (TPSA) is 63.6 Å². The smallest absolute Gasteiger partial charge is 0.264 e. The summed E-state index contributed by atoms with van der Waals surface area (Å²) in [6.07, 6.45) is 15.8. The van der Waals surface area contributed by atoms with E-state index in [1.165, 1.54) is 56.8 Å². The monoisotopic (exact) mass is 480 g/mol. The molecule has 3 fully saturated rings. The van der Waals surface area contributed by atoms with Gasteiger partial charge in [0.25, 0.3) is 10.1 Å². The van der Waals surface area contributed by atoms with Gasteiger partial charge in [0, 0.05) is 5.41 Å². The summed E-state index contributed by atoms with van der Waals surface area (Å²) in [6.45, 7) is 10.0. The first kappa shape index (κ1) is 25.7. The Hall–Kier alpha value is -0.390. The zero-order valence-electron chi connectivity index (χ0n) is 21.7. The zero-order valence-corrected chi connectivity index (χ0v) is 22.5. The minimum absolute atomic E-state index is 0.201. The van der Waals surface area contributed by atoms with Crippen LogP contribution in [0.2, 0.25) is 0 Å². The van der Waals surface area contributed by atoms with Crippen LogP contribution in [-0.4, -0.2) is 32.5 Å². The quantitative estimate of drug-likeness (QED) is 0.325. The van der Waals surface area contributed by atoms with Crippen molar-refractivity contribution < 1.29 is 17.7 Å². The number of hydrogen-bond acceptors (Lipinski definition) is 4. The number of aliphatic hydroxyl groups is 1. The minimum atomic E-state index is -3.49. The van der Waals surface area contributed by atoms with Crippen LogP contribution in [0.1, 0.15) is 98.3 Å². The predicted molar refractivity (Wildman–Crippen MR) is 134 cm³/mol. The Morgan fingerprint density at radius 1 is 1.09 bits per heavy atom. The Balaban J connectivity index is 1.55. The summed E-state index contributed by atoms with van der Waals surface area (Å²) in [5.41, 5.74) is 1.50. The predicted octanol–water partition coefficient (Wildman–Crippen LogP) is 6.35. The maximum atomic E-state index is 12.0. The number of allylic oxidation sites excluding steroid dienone is 1. The molecule has 33 heavy (non-hydrogen) atoms. The lowest BCUT2D eigenvalue weighted by atomic mass is 9.46. The molecule has 0 aromatic carbocycles. The fourth-order valence-corrected chi connectivity index (χ4v) is 9.37. The maximum Gasteiger partial charge on any atom is 0.264 e. The second-order valence-electron chi connectivity index (χ2n) is 12.9. The van der Waals surface area contributed by atoms with Crippen molar-refractivity contribution >= 4 is 10.1 Å². The summed E-state index contributed by atoms with van der Waals surface area (Å²) >= 11 is 0. The van der Waals surface area contributed by atoms with Gasteiger partial charge in [-0.15, -0.1) is 0 Å². The lowest BCUT2D eigenvalue weighted by Gasteiger charge is -2.59. The Bertz CT molecular complexity index is 833. The lowest BCUT2D eigenvalue weighted by Crippen LogP contribution is -2.53. The minimum Gasteiger partial charge on any atom is -0.393 e. The SMILES string of the molecule is CC(C)CCC[C@@H](C)[C@H]1CC[C@H]2[C@@H]3CC=C4C[C@@H](O)CC[C@]4(COS(C)(=O)=O)[C@H]3CC[C@]12C. The summed E-state index contributed by atoms with van der Waals surface area (Å²) < 4.78 is 29.4. The highest BCUT2D eigenvalue weighted by atomic mass is 32.2. The number of rotatable bonds is 8. The molecule has 0 aromatic rings. The molecule has 0 spiro atoms. The van der Waals surface area contributed by atoms with Gasteiger partial charge in [0.05, 0.1) is 19.0 Å². The van der Waals surface area contributed by atoms with E-state index in [2.05, 4.69) is 33.8 Å². The lowest BCUT2D eigenvalue weighted by molar-refractivity contribution is -0.0754. The first-order valence-electron chi connectivity index (χ1n) is 13.7. The molecular formula is C28H48O4S. The van der Waals surface area contributed by atoms with Crippen LogP contribution in [0.5, 0.6) is 0 Å². The van der Waals surface area contributed by atoms with Crippen LogP contribution in [0.4, 0.5) is 0 Å². The highest BCUT2D eigenvalue weighted by molar-refractivity contribution is 7.85. The van der Waals surface area contributed by atoms with E-state index in [0.29, 0.717) is 23.7 Å². The van der Waals surface area contributed by atoms with Gasteiger partial charge in [-0.3, -0.25) is 4.18 Å². The van der Waals surface area contributed by atoms with Crippen molar-refractivity contribution in [2.24, 2.45) is 46.3 Å². The molecule has 4 rings (SSSR count). The molecule has 0 aliphatic heterocycles. The third-order valence-corrected chi connectivity index (χ3v) is 11.1. The van der Waals surface area contributed by atoms with Crippen LogP contribution in [-0.2, 0) is 14.3 Å². The molecule has 4 aliphatic rings. The molecule has 0 saturated heterocycles. The average Bonchev–Trinajstić information content (AvgIpc) is 3.08. The van der Waals surface area contributed by atoms with Crippen molar-refractivity contribution in [2.45, 2.75) is 104 Å². The van der Waals surface area contributed by atoms with E-state index in [9.17, 15) is 13.5 Å². The van der Waals surface area contributed by atoms with Crippen molar-refractivity contribution in [3.8, 4) is 0 Å². The van der Waals surface area contributed by atoms with Gasteiger partial charge in [-0.1, -0.05) is 58.6 Å². The number of hydrogen-bond donors (Lipinski definition) is 1. The fraction of sp³-hybridized carbons (Fsp3) is 0.929. The van der Waals surface area contributed by atoms with E-state index >= 15 is 0 Å². The van der Waals surface area contributed by atoms with Gasteiger partial charge in [-0.05, 0) is 92.3 Å². The standard InChI is InChI=1S/C28H48O4S/c1-19(2)7-6-8-20(3)24-11-12-25-23-10-9-21-17-22(29)13-16-28(21,18-32-33(5,30)31)26(23)14-15-27(24,25)4/h9,19-20,22-26,29H,6-8,10-18H2,1-5H3/t20-,22+,23+,24-,25+,26+,27-,28-/m1/s1. The molecule has 190 valence electrons. The zero-order chi connectivity index (χ0) is 24.0. The van der Waals surface area contributed by atoms with E-state index in [4.69, 9.17) is 4.18 Å². The Morgan fingerprint density at radius 2 is 1.85 bits per heavy atom. The van der Waals surface area contributed by atoms with Gasteiger partial charge in [-0.2, -0.15) is 8.42 Å². The molecule has 5 heteroatoms. The molecule has 0 unspecified atom stereocenters. The molecule has 3 saturated carbocycles. The maximum absolute atomic E-state index is 12.0. The van der Waals surface area contributed by atoms with E-state index in [-0.39, 0.29) is 18.1 Å². The second-order valence-corrected chi connectivity index (χ2v) is 14.5. The van der Waals surface area contributed by atoms with E-state index < -0.39 is 10.1 Å². The normalized spacial score (nSPS) is 41.8. The first-order chi connectivity index (χ1) is 15.5. The Kier molecular flexibility index (Phi) is 7.46. The highest BCUT2D eigenvalue weighted by Crippen LogP contribution is 2.67. The van der Waals surface area contributed by atoms with E-state index in [1.54, 1.807) is 0 Å². The average molecular weight is 481 g/mol. The van der Waals surface area contributed by atoms with Gasteiger partial charge >= 0.3 is 0 Å². The van der Waals surface area contributed by atoms with Crippen molar-refractivity contribution in [3.63, 3.8) is 0 Å². The molecule has 0 heterocycles. The summed E-state index contributed by atoms with van der Waals surface area (Å²) in [7, 11) is -3.49. The van der Waals surface area contributed by atoms with Crippen molar-refractivity contribution in [3.05, 3.63) is 11.6 Å². The molecule has 8 atom stereocenters. The fourth-order valence-electron chi connectivity index (χ4n) is 8.94. The van der Waals surface area contributed by atoms with Gasteiger partial charge in [0.15, 0.2) is 0 Å². The van der Waals surface area contributed by atoms with E-state index in [0.717, 1.165) is 42.9 Å². The molecule has 4 nitrogen and oxygen atoms in total. The van der Waals surface area contributed by atoms with Crippen LogP contribution < -0.4 is 0 Å². The van der Waals surface area contributed by atoms with Crippen LogP contribution in [0.25, 0.3) is 0 Å². The molecule has 0 amide bonds. The number of aliphatic hydroxyl groups excluding tert-OH is 1. The van der Waals surface area contributed by atoms with E-state index in [1.807, 2.05) is 0 Å². The molecule has 1 N–H and O–H groups in total. The summed E-state index contributed by atoms with van der Waals surface area (Å²) in [4.78, 5) is 0. The van der Waals surface area contributed by atoms with Crippen LogP contribution in [0, 0.1) is 46.3 Å². The van der Waals surface area contributed by atoms with Crippen LogP contribution in [0.3, 0.4) is 0 Å². The van der Waals surface area contributed by atoms with Crippen molar-refractivity contribution in [1.29, 1.82) is 0 Å². The summed E-state index contributed by atoms with van der Waals surface area (Å²) in [6, 6.07) is 0. The van der Waals surface area contributed by atoms with Gasteiger partial charge in [0.2, 0.25) is 0 Å². The third-order valence-electron chi connectivity index (χ3n) is 10.5. The molecule has 0 bridgehead atoms. The van der Waals surface area contributed by atoms with Crippen molar-refractivity contribution in [2.75, 3.05) is 12.9 Å². The largest absolute Gasteiger partial charge is 0.393 e. The van der Waals surface area contributed by atoms with Gasteiger partial charge < -0.3 is 5.11 Å². The van der Waals surface area contributed by atoms with Crippen LogP contribution >= 0.6 is 0 Å². The highest BCUT2D eigenvalue weighted by Gasteiger charge is 2.60. The summed E-state index contributed by atoms with van der Waals surface area (Å²) in [5.74, 6) is 4.24. The summed E-state index contributed by atoms with van der Waals surface area (Å²) in [5, 5.41) is 10.4. The third kappa shape index (κ3) is 4.98. The molecule has 0 radical (unpaired) electrons.